The molecule has 0 radical (unpaired) electrons. The molecule has 9 nitrogen and oxygen atoms in total. The van der Waals surface area contributed by atoms with E-state index in [1.807, 2.05) is 36.4 Å². The molecular formula is C28H26N4O5S. The van der Waals surface area contributed by atoms with Gasteiger partial charge in [0, 0.05) is 23.7 Å². The molecule has 2 N–H and O–H groups in total. The van der Waals surface area contributed by atoms with Gasteiger partial charge in [-0.25, -0.2) is 18.4 Å². The van der Waals surface area contributed by atoms with Gasteiger partial charge in [-0.2, -0.15) is 4.72 Å². The zero-order valence-corrected chi connectivity index (χ0v) is 21.4. The van der Waals surface area contributed by atoms with Crippen molar-refractivity contribution in [1.82, 2.24) is 20.0 Å². The van der Waals surface area contributed by atoms with Crippen LogP contribution in [0.1, 0.15) is 28.5 Å². The highest BCUT2D eigenvalue weighted by atomic mass is 32.2. The second-order valence-electron chi connectivity index (χ2n) is 8.19. The van der Waals surface area contributed by atoms with E-state index >= 15 is 0 Å². The normalized spacial score (nSPS) is 12.3. The number of ether oxygens (including phenoxy) is 1. The first-order valence-corrected chi connectivity index (χ1v) is 13.4. The number of sulfonamides is 1. The van der Waals surface area contributed by atoms with Crippen LogP contribution in [0.2, 0.25) is 0 Å². The number of pyridine rings is 2. The minimum Gasteiger partial charge on any atom is -0.465 e. The van der Waals surface area contributed by atoms with E-state index in [0.29, 0.717) is 11.2 Å². The first-order chi connectivity index (χ1) is 18.4. The predicted octanol–water partition coefficient (Wildman–Crippen LogP) is 3.44. The van der Waals surface area contributed by atoms with Gasteiger partial charge in [-0.05, 0) is 67.1 Å². The van der Waals surface area contributed by atoms with E-state index in [0.717, 1.165) is 16.6 Å². The van der Waals surface area contributed by atoms with Gasteiger partial charge < -0.3 is 10.1 Å². The van der Waals surface area contributed by atoms with Gasteiger partial charge in [-0.1, -0.05) is 36.4 Å². The number of aromatic nitrogens is 2. The molecule has 0 spiro atoms. The van der Waals surface area contributed by atoms with Gasteiger partial charge in [0.2, 0.25) is 10.0 Å². The highest BCUT2D eigenvalue weighted by molar-refractivity contribution is 7.89. The van der Waals surface area contributed by atoms with Crippen LogP contribution >= 0.6 is 0 Å². The molecule has 2 heterocycles. The van der Waals surface area contributed by atoms with Crippen LogP contribution in [-0.2, 0) is 19.6 Å². The van der Waals surface area contributed by atoms with Gasteiger partial charge in [0.05, 0.1) is 17.2 Å². The number of rotatable bonds is 10. The summed E-state index contributed by atoms with van der Waals surface area (Å²) in [6, 6.07) is 20.8. The van der Waals surface area contributed by atoms with Gasteiger partial charge in [-0.3, -0.25) is 9.59 Å². The smallest absolute Gasteiger partial charge is 0.326 e. The molecule has 2 aromatic heterocycles. The Hall–Kier alpha value is -4.41. The molecule has 1 atom stereocenters. The fourth-order valence-corrected chi connectivity index (χ4v) is 4.76. The maximum Gasteiger partial charge on any atom is 0.326 e. The molecular weight excluding hydrogens is 504 g/mol. The third kappa shape index (κ3) is 6.87. The van der Waals surface area contributed by atoms with Crippen LogP contribution in [0.25, 0.3) is 23.2 Å². The third-order valence-electron chi connectivity index (χ3n) is 5.49. The lowest BCUT2D eigenvalue weighted by Crippen LogP contribution is -2.49. The Kier molecular flexibility index (Phi) is 8.57. The number of carbonyl (C=O) groups is 2. The Morgan fingerprint density at radius 1 is 0.947 bits per heavy atom. The minimum atomic E-state index is -4.00. The van der Waals surface area contributed by atoms with Crippen molar-refractivity contribution in [2.75, 3.05) is 13.2 Å². The number of amides is 1. The molecule has 0 aliphatic heterocycles. The monoisotopic (exact) mass is 530 g/mol. The molecule has 0 bridgehead atoms. The number of fused-ring (bicyclic) bond motifs is 1. The van der Waals surface area contributed by atoms with E-state index in [1.54, 1.807) is 55.6 Å². The van der Waals surface area contributed by atoms with Crippen LogP contribution < -0.4 is 10.0 Å². The molecule has 0 unspecified atom stereocenters. The van der Waals surface area contributed by atoms with E-state index < -0.39 is 27.9 Å². The average molecular weight is 531 g/mol. The lowest BCUT2D eigenvalue weighted by Gasteiger charge is -2.18. The molecule has 0 saturated carbocycles. The van der Waals surface area contributed by atoms with Gasteiger partial charge >= 0.3 is 5.97 Å². The molecule has 10 heteroatoms. The number of benzene rings is 2. The van der Waals surface area contributed by atoms with Gasteiger partial charge in [-0.15, -0.1) is 0 Å². The number of hydrogen-bond donors (Lipinski definition) is 2. The lowest BCUT2D eigenvalue weighted by molar-refractivity contribution is -0.144. The van der Waals surface area contributed by atoms with Crippen LogP contribution in [0.3, 0.4) is 0 Å². The van der Waals surface area contributed by atoms with Crippen molar-refractivity contribution in [3.05, 3.63) is 102 Å². The number of nitrogens with one attached hydrogen (secondary N) is 2. The number of nitrogens with zero attached hydrogens (tertiary/aromatic N) is 2. The fraction of sp³-hybridized carbons (Fsp3) is 0.143. The molecule has 1 amide bonds. The fourth-order valence-electron chi connectivity index (χ4n) is 3.56. The quantitative estimate of drug-likeness (QED) is 0.301. The molecule has 194 valence electrons. The van der Waals surface area contributed by atoms with Crippen molar-refractivity contribution in [3.8, 4) is 0 Å². The van der Waals surface area contributed by atoms with Crippen molar-refractivity contribution in [3.63, 3.8) is 0 Å². The number of esters is 1. The second kappa shape index (κ2) is 12.2. The van der Waals surface area contributed by atoms with Crippen molar-refractivity contribution in [2.45, 2.75) is 17.9 Å². The molecule has 0 fully saturated rings. The van der Waals surface area contributed by atoms with E-state index in [-0.39, 0.29) is 18.0 Å². The molecule has 38 heavy (non-hydrogen) atoms. The molecule has 0 aliphatic carbocycles. The zero-order valence-electron chi connectivity index (χ0n) is 20.6. The Labute approximate surface area is 220 Å². The molecule has 0 aliphatic rings. The van der Waals surface area contributed by atoms with Crippen LogP contribution in [-0.4, -0.2) is 49.5 Å². The first-order valence-electron chi connectivity index (χ1n) is 11.9. The Morgan fingerprint density at radius 3 is 2.45 bits per heavy atom. The van der Waals surface area contributed by atoms with Gasteiger partial charge in [0.1, 0.15) is 6.04 Å². The molecule has 4 rings (SSSR count). The van der Waals surface area contributed by atoms with Gasteiger partial charge in [0.25, 0.3) is 5.91 Å². The Bertz CT molecular complexity index is 1560. The SMILES string of the molecule is CCOC(=O)[C@H](CNC(=O)c1ccc(C=Cc2ccc3cccnc3n2)cc1)NS(=O)(=O)c1ccccc1. The average Bonchev–Trinajstić information content (AvgIpc) is 2.94. The van der Waals surface area contributed by atoms with Gasteiger partial charge in [0.15, 0.2) is 5.65 Å². The summed E-state index contributed by atoms with van der Waals surface area (Å²) in [7, 11) is -4.00. The van der Waals surface area contributed by atoms with Crippen molar-refractivity contribution >= 4 is 45.1 Å². The van der Waals surface area contributed by atoms with Crippen LogP contribution in [0.15, 0.2) is 90.0 Å². The van der Waals surface area contributed by atoms with Crippen molar-refractivity contribution in [2.24, 2.45) is 0 Å². The molecule has 2 aromatic carbocycles. The predicted molar refractivity (Wildman–Crippen MR) is 144 cm³/mol. The molecule has 0 saturated heterocycles. The number of hydrogen-bond acceptors (Lipinski definition) is 7. The van der Waals surface area contributed by atoms with Crippen molar-refractivity contribution < 1.29 is 22.7 Å². The zero-order chi connectivity index (χ0) is 27.0. The van der Waals surface area contributed by atoms with E-state index in [2.05, 4.69) is 20.0 Å². The Morgan fingerprint density at radius 2 is 1.71 bits per heavy atom. The summed E-state index contributed by atoms with van der Waals surface area (Å²) in [6.45, 7) is 1.39. The highest BCUT2D eigenvalue weighted by Gasteiger charge is 2.27. The highest BCUT2D eigenvalue weighted by Crippen LogP contribution is 2.13. The topological polar surface area (TPSA) is 127 Å². The lowest BCUT2D eigenvalue weighted by atomic mass is 10.1. The summed E-state index contributed by atoms with van der Waals surface area (Å²) < 4.78 is 32.7. The minimum absolute atomic E-state index is 0.000536. The van der Waals surface area contributed by atoms with Crippen molar-refractivity contribution in [1.29, 1.82) is 0 Å². The standard InChI is InChI=1S/C28H26N4O5S/c1-2-37-28(34)25(32-38(35,36)24-8-4-3-5-9-24)19-30-27(33)22-13-10-20(11-14-22)12-16-23-17-15-21-7-6-18-29-26(21)31-23/h3-18,25,32H,2,19H2,1H3,(H,30,33)/t25-/m0/s1. The number of carbonyl (C=O) groups excluding carboxylic acids is 2. The summed E-state index contributed by atoms with van der Waals surface area (Å²) in [4.78, 5) is 33.9. The van der Waals surface area contributed by atoms with E-state index in [4.69, 9.17) is 4.74 Å². The van der Waals surface area contributed by atoms with E-state index in [9.17, 15) is 18.0 Å². The summed E-state index contributed by atoms with van der Waals surface area (Å²) in [6.07, 6.45) is 5.42. The summed E-state index contributed by atoms with van der Waals surface area (Å²) in [5.41, 5.74) is 2.61. The largest absolute Gasteiger partial charge is 0.465 e. The summed E-state index contributed by atoms with van der Waals surface area (Å²) >= 11 is 0. The summed E-state index contributed by atoms with van der Waals surface area (Å²) in [5, 5.41) is 3.56. The van der Waals surface area contributed by atoms with E-state index in [1.165, 1.54) is 12.1 Å². The third-order valence-corrected chi connectivity index (χ3v) is 6.98. The van der Waals surface area contributed by atoms with Crippen LogP contribution in [0.4, 0.5) is 0 Å². The summed E-state index contributed by atoms with van der Waals surface area (Å²) in [5.74, 6) is -1.25. The Balaban J connectivity index is 1.39. The van der Waals surface area contributed by atoms with Crippen LogP contribution in [0, 0.1) is 0 Å². The first kappa shape index (κ1) is 26.6. The maximum atomic E-state index is 12.7. The second-order valence-corrected chi connectivity index (χ2v) is 9.90. The molecule has 4 aromatic rings. The maximum absolute atomic E-state index is 12.7. The van der Waals surface area contributed by atoms with Crippen LogP contribution in [0.5, 0.6) is 0 Å².